The van der Waals surface area contributed by atoms with Gasteiger partial charge in [-0.2, -0.15) is 0 Å². The lowest BCUT2D eigenvalue weighted by atomic mass is 10.1. The van der Waals surface area contributed by atoms with Gasteiger partial charge in [-0.1, -0.05) is 71.2 Å². The number of benzene rings is 4. The van der Waals surface area contributed by atoms with Crippen molar-refractivity contribution in [2.45, 2.75) is 17.1 Å². The average molecular weight is 625 g/mol. The standard InChI is InChI=1S/C31H24Cl3N3O3S/c1-19(29(38)36-26-16-23(33)15-24(34)17-26)41-27-12-6-11-25(18-27)35-31(40)28(14-20-7-5-10-22(32)13-20)37-30(39)21-8-3-2-4-9-21/h2-19H,1H3,(H,35,40)(H,36,38)(H,37,39)/b28-14-. The second-order valence-corrected chi connectivity index (χ2v) is 11.5. The third-order valence-corrected chi connectivity index (χ3v) is 7.36. The van der Waals surface area contributed by atoms with E-state index in [0.717, 1.165) is 4.90 Å². The second kappa shape index (κ2) is 14.2. The number of nitrogens with one attached hydrogen (secondary N) is 3. The third-order valence-electron chi connectivity index (χ3n) is 5.59. The molecule has 0 bridgehead atoms. The van der Waals surface area contributed by atoms with Gasteiger partial charge in [0.25, 0.3) is 11.8 Å². The molecule has 3 amide bonds. The van der Waals surface area contributed by atoms with E-state index in [1.165, 1.54) is 11.8 Å². The first-order valence-electron chi connectivity index (χ1n) is 12.3. The van der Waals surface area contributed by atoms with Crippen molar-refractivity contribution in [2.24, 2.45) is 0 Å². The Balaban J connectivity index is 1.48. The summed E-state index contributed by atoms with van der Waals surface area (Å²) >= 11 is 19.5. The summed E-state index contributed by atoms with van der Waals surface area (Å²) in [5.41, 5.74) is 2.06. The lowest BCUT2D eigenvalue weighted by Gasteiger charge is -2.14. The largest absolute Gasteiger partial charge is 0.325 e. The lowest BCUT2D eigenvalue weighted by molar-refractivity contribution is -0.115. The van der Waals surface area contributed by atoms with Crippen LogP contribution in [0.25, 0.3) is 6.08 Å². The van der Waals surface area contributed by atoms with Crippen LogP contribution in [0.3, 0.4) is 0 Å². The van der Waals surface area contributed by atoms with Crippen LogP contribution in [0, 0.1) is 0 Å². The maximum Gasteiger partial charge on any atom is 0.272 e. The number of anilines is 2. The molecular formula is C31H24Cl3N3O3S. The quantitative estimate of drug-likeness (QED) is 0.129. The second-order valence-electron chi connectivity index (χ2n) is 8.82. The number of thioether (sulfide) groups is 1. The summed E-state index contributed by atoms with van der Waals surface area (Å²) in [6.45, 7) is 1.77. The number of carbonyl (C=O) groups excluding carboxylic acids is 3. The molecule has 0 radical (unpaired) electrons. The van der Waals surface area contributed by atoms with Crippen LogP contribution in [0.5, 0.6) is 0 Å². The van der Waals surface area contributed by atoms with Gasteiger partial charge in [0.05, 0.1) is 5.25 Å². The molecule has 0 saturated carbocycles. The van der Waals surface area contributed by atoms with E-state index in [9.17, 15) is 14.4 Å². The van der Waals surface area contributed by atoms with Crippen LogP contribution in [-0.4, -0.2) is 23.0 Å². The van der Waals surface area contributed by atoms with Gasteiger partial charge >= 0.3 is 0 Å². The van der Waals surface area contributed by atoms with Crippen LogP contribution in [0.2, 0.25) is 15.1 Å². The predicted octanol–water partition coefficient (Wildman–Crippen LogP) is 8.18. The maximum absolute atomic E-state index is 13.3. The fraction of sp³-hybridized carbons (Fsp3) is 0.0645. The highest BCUT2D eigenvalue weighted by molar-refractivity contribution is 8.00. The van der Waals surface area contributed by atoms with Crippen molar-refractivity contribution in [3.63, 3.8) is 0 Å². The van der Waals surface area contributed by atoms with Gasteiger partial charge in [0.1, 0.15) is 5.70 Å². The fourth-order valence-corrected chi connectivity index (χ4v) is 5.33. The van der Waals surface area contributed by atoms with Crippen LogP contribution in [-0.2, 0) is 9.59 Å². The Labute approximate surface area is 257 Å². The number of hydrogen-bond donors (Lipinski definition) is 3. The van der Waals surface area contributed by atoms with E-state index in [-0.39, 0.29) is 11.6 Å². The molecule has 4 aromatic rings. The molecule has 0 aliphatic rings. The summed E-state index contributed by atoms with van der Waals surface area (Å²) in [5.74, 6) is -1.20. The molecule has 1 atom stereocenters. The van der Waals surface area contributed by atoms with Crippen molar-refractivity contribution >= 4 is 81.7 Å². The maximum atomic E-state index is 13.3. The molecule has 208 valence electrons. The number of hydrogen-bond acceptors (Lipinski definition) is 4. The van der Waals surface area contributed by atoms with Crippen LogP contribution in [0.15, 0.2) is 108 Å². The molecule has 3 N–H and O–H groups in total. The topological polar surface area (TPSA) is 87.3 Å². The minimum Gasteiger partial charge on any atom is -0.325 e. The fourth-order valence-electron chi connectivity index (χ4n) is 3.68. The summed E-state index contributed by atoms with van der Waals surface area (Å²) in [7, 11) is 0. The van der Waals surface area contributed by atoms with E-state index in [1.807, 2.05) is 6.07 Å². The van der Waals surface area contributed by atoms with Gasteiger partial charge in [0.2, 0.25) is 5.91 Å². The monoisotopic (exact) mass is 623 g/mol. The summed E-state index contributed by atoms with van der Waals surface area (Å²) < 4.78 is 0. The highest BCUT2D eigenvalue weighted by atomic mass is 35.5. The Bertz CT molecular complexity index is 1590. The zero-order valence-corrected chi connectivity index (χ0v) is 24.7. The molecule has 0 aliphatic heterocycles. The first-order valence-corrected chi connectivity index (χ1v) is 14.4. The van der Waals surface area contributed by atoms with Crippen LogP contribution in [0.1, 0.15) is 22.8 Å². The Morgan fingerprint density at radius 2 is 1.44 bits per heavy atom. The minimum absolute atomic E-state index is 0.0344. The van der Waals surface area contributed by atoms with E-state index in [2.05, 4.69) is 16.0 Å². The molecule has 0 aromatic heterocycles. The highest BCUT2D eigenvalue weighted by Gasteiger charge is 2.18. The van der Waals surface area contributed by atoms with Gasteiger partial charge in [-0.25, -0.2) is 0 Å². The zero-order valence-electron chi connectivity index (χ0n) is 21.7. The molecule has 0 aliphatic carbocycles. The molecule has 10 heteroatoms. The van der Waals surface area contributed by atoms with E-state index in [0.29, 0.717) is 37.6 Å². The van der Waals surface area contributed by atoms with Crippen molar-refractivity contribution in [1.29, 1.82) is 0 Å². The predicted molar refractivity (Wildman–Crippen MR) is 169 cm³/mol. The minimum atomic E-state index is -0.528. The average Bonchev–Trinajstić information content (AvgIpc) is 2.92. The van der Waals surface area contributed by atoms with Crippen LogP contribution in [0.4, 0.5) is 11.4 Å². The molecule has 4 aromatic carbocycles. The molecule has 41 heavy (non-hydrogen) atoms. The van der Waals surface area contributed by atoms with E-state index >= 15 is 0 Å². The van der Waals surface area contributed by atoms with Gasteiger partial charge in [-0.3, -0.25) is 14.4 Å². The molecule has 0 saturated heterocycles. The molecular weight excluding hydrogens is 601 g/mol. The third kappa shape index (κ3) is 9.13. The zero-order chi connectivity index (χ0) is 29.4. The van der Waals surface area contributed by atoms with Crippen molar-refractivity contribution in [2.75, 3.05) is 10.6 Å². The van der Waals surface area contributed by atoms with Gasteiger partial charge < -0.3 is 16.0 Å². The molecule has 0 spiro atoms. The van der Waals surface area contributed by atoms with Crippen molar-refractivity contribution < 1.29 is 14.4 Å². The summed E-state index contributed by atoms with van der Waals surface area (Å²) in [5, 5.41) is 9.20. The van der Waals surface area contributed by atoms with Gasteiger partial charge in [0, 0.05) is 36.9 Å². The summed E-state index contributed by atoms with van der Waals surface area (Å²) in [6.07, 6.45) is 1.55. The first-order chi connectivity index (χ1) is 19.7. The Hall–Kier alpha value is -3.75. The smallest absolute Gasteiger partial charge is 0.272 e. The first kappa shape index (κ1) is 30.2. The molecule has 4 rings (SSSR count). The molecule has 6 nitrogen and oxygen atoms in total. The Morgan fingerprint density at radius 1 is 0.732 bits per heavy atom. The molecule has 0 heterocycles. The van der Waals surface area contributed by atoms with Gasteiger partial charge in [-0.05, 0) is 79.2 Å². The van der Waals surface area contributed by atoms with Gasteiger partial charge in [0.15, 0.2) is 0 Å². The van der Waals surface area contributed by atoms with Crippen molar-refractivity contribution in [1.82, 2.24) is 5.32 Å². The molecule has 0 fully saturated rings. The summed E-state index contributed by atoms with van der Waals surface area (Å²) in [4.78, 5) is 39.7. The Kier molecular flexibility index (Phi) is 10.5. The van der Waals surface area contributed by atoms with Gasteiger partial charge in [-0.15, -0.1) is 11.8 Å². The Morgan fingerprint density at radius 3 is 2.15 bits per heavy atom. The normalized spacial score (nSPS) is 11.9. The van der Waals surface area contributed by atoms with Crippen LogP contribution >= 0.6 is 46.6 Å². The lowest BCUT2D eigenvalue weighted by Crippen LogP contribution is -2.30. The summed E-state index contributed by atoms with van der Waals surface area (Å²) in [6, 6.07) is 27.4. The van der Waals surface area contributed by atoms with E-state index in [1.54, 1.807) is 104 Å². The van der Waals surface area contributed by atoms with Crippen molar-refractivity contribution in [3.8, 4) is 0 Å². The highest BCUT2D eigenvalue weighted by Crippen LogP contribution is 2.28. The van der Waals surface area contributed by atoms with E-state index < -0.39 is 17.1 Å². The van der Waals surface area contributed by atoms with Crippen molar-refractivity contribution in [3.05, 3.63) is 129 Å². The number of halogens is 3. The number of carbonyl (C=O) groups is 3. The number of amides is 3. The van der Waals surface area contributed by atoms with E-state index in [4.69, 9.17) is 34.8 Å². The van der Waals surface area contributed by atoms with Crippen LogP contribution < -0.4 is 16.0 Å². The SMILES string of the molecule is CC(Sc1cccc(NC(=O)/C(=C/c2cccc(Cl)c2)NC(=O)c2ccccc2)c1)C(=O)Nc1cc(Cl)cc(Cl)c1. The molecule has 1 unspecified atom stereocenters. The number of rotatable bonds is 9.